The zero-order chi connectivity index (χ0) is 21.8. The van der Waals surface area contributed by atoms with Crippen LogP contribution in [0, 0.1) is 5.41 Å². The first-order chi connectivity index (χ1) is 14.8. The maximum Gasteiger partial charge on any atom is 0.511 e. The Morgan fingerprint density at radius 3 is 2.69 bits per heavy atom. The number of hydrogen-bond donors (Lipinski definition) is 3. The van der Waals surface area contributed by atoms with Gasteiger partial charge in [-0.15, -0.1) is 12.4 Å². The molecule has 32 heavy (non-hydrogen) atoms. The number of aromatic hydroxyl groups is 1. The Morgan fingerprint density at radius 1 is 1.19 bits per heavy atom. The average Bonchev–Trinajstić information content (AvgIpc) is 3.26. The first-order valence-electron chi connectivity index (χ1n) is 10.8. The fraction of sp³-hybridized carbons (Fsp3) is 0.478. The first-order valence-corrected chi connectivity index (χ1v) is 10.8. The number of likely N-dealkylation sites (tertiary alicyclic amines) is 1. The van der Waals surface area contributed by atoms with Crippen LogP contribution >= 0.6 is 12.4 Å². The lowest BCUT2D eigenvalue weighted by atomic mass is 9.86. The van der Waals surface area contributed by atoms with Crippen LogP contribution in [0.25, 0.3) is 11.3 Å². The van der Waals surface area contributed by atoms with Crippen molar-refractivity contribution >= 4 is 24.2 Å². The van der Waals surface area contributed by atoms with E-state index in [0.29, 0.717) is 23.1 Å². The quantitative estimate of drug-likeness (QED) is 0.589. The summed E-state index contributed by atoms with van der Waals surface area (Å²) in [5, 5.41) is 19.4. The number of aromatic nitrogens is 1. The van der Waals surface area contributed by atoms with Gasteiger partial charge in [0.2, 0.25) is 5.75 Å². The van der Waals surface area contributed by atoms with E-state index in [2.05, 4.69) is 38.7 Å². The normalized spacial score (nSPS) is 22.2. The standard InChI is InChI=1S/C23H27N3O5.ClH/c1-25-9-7-23(12-25)8-10-26(13-23)15-5-6-16-14(11-15)3-2-4-17-18(16)24-21(28)20(19(17)27)31-22(29)30;/h5-6,11H,2-4,7-10,12-13H2,1H3,(H,29,30)(H2,24,27,28);1H. The summed E-state index contributed by atoms with van der Waals surface area (Å²) in [6, 6.07) is 6.30. The lowest BCUT2D eigenvalue weighted by Gasteiger charge is -2.25. The van der Waals surface area contributed by atoms with Gasteiger partial charge >= 0.3 is 6.16 Å². The number of carboxylic acid groups (broad SMARTS) is 1. The van der Waals surface area contributed by atoms with Gasteiger partial charge in [-0.05, 0) is 63.4 Å². The van der Waals surface area contributed by atoms with Gasteiger partial charge in [0.15, 0.2) is 5.75 Å². The van der Waals surface area contributed by atoms with Gasteiger partial charge < -0.3 is 29.7 Å². The zero-order valence-corrected chi connectivity index (χ0v) is 18.8. The van der Waals surface area contributed by atoms with Crippen LogP contribution < -0.4 is 15.2 Å². The Kier molecular flexibility index (Phi) is 5.85. The lowest BCUT2D eigenvalue weighted by Crippen LogP contribution is -2.29. The number of fused-ring (bicyclic) bond motifs is 3. The molecule has 8 nitrogen and oxygen atoms in total. The summed E-state index contributed by atoms with van der Waals surface area (Å²) in [6.45, 7) is 4.44. The Hall–Kier alpha value is -2.71. The summed E-state index contributed by atoms with van der Waals surface area (Å²) in [5.41, 5.74) is 3.92. The highest BCUT2D eigenvalue weighted by Gasteiger charge is 2.42. The van der Waals surface area contributed by atoms with Crippen LogP contribution in [0.15, 0.2) is 23.0 Å². The van der Waals surface area contributed by atoms with Crippen LogP contribution in [0.4, 0.5) is 10.5 Å². The number of H-pyrrole nitrogens is 1. The highest BCUT2D eigenvalue weighted by Crippen LogP contribution is 2.43. The predicted octanol–water partition coefficient (Wildman–Crippen LogP) is 3.25. The number of nitrogens with zero attached hydrogens (tertiary/aromatic N) is 2. The summed E-state index contributed by atoms with van der Waals surface area (Å²) in [6.07, 6.45) is 2.96. The second kappa shape index (κ2) is 8.33. The van der Waals surface area contributed by atoms with Crippen molar-refractivity contribution in [1.82, 2.24) is 9.88 Å². The van der Waals surface area contributed by atoms with Crippen LogP contribution in [0.2, 0.25) is 0 Å². The number of pyridine rings is 1. The number of aryl methyl sites for hydroxylation is 1. The van der Waals surface area contributed by atoms with Gasteiger partial charge in [0.25, 0.3) is 5.56 Å². The minimum atomic E-state index is -1.63. The molecule has 3 heterocycles. The molecule has 0 bridgehead atoms. The van der Waals surface area contributed by atoms with Crippen molar-refractivity contribution in [1.29, 1.82) is 0 Å². The fourth-order valence-electron chi connectivity index (χ4n) is 5.59. The maximum absolute atomic E-state index is 12.4. The van der Waals surface area contributed by atoms with Gasteiger partial charge in [-0.1, -0.05) is 6.07 Å². The number of carbonyl (C=O) groups is 1. The SMILES string of the molecule is CN1CCC2(CCN(c3ccc4c(c3)CCCc3c-4[nH]c(=O)c(OC(=O)O)c3O)C2)C1.Cl. The number of rotatable bonds is 2. The third kappa shape index (κ3) is 3.82. The highest BCUT2D eigenvalue weighted by molar-refractivity contribution is 5.85. The lowest BCUT2D eigenvalue weighted by molar-refractivity contribution is 0.142. The zero-order valence-electron chi connectivity index (χ0n) is 18.0. The molecule has 0 saturated carbocycles. The molecule has 172 valence electrons. The number of ether oxygens (including phenoxy) is 1. The molecule has 1 aromatic heterocycles. The number of nitrogens with one attached hydrogen (secondary N) is 1. The molecule has 5 rings (SSSR count). The molecule has 1 aliphatic carbocycles. The Bertz CT molecular complexity index is 1120. The minimum Gasteiger partial charge on any atom is -0.504 e. The van der Waals surface area contributed by atoms with E-state index in [4.69, 9.17) is 5.11 Å². The molecule has 0 amide bonds. The van der Waals surface area contributed by atoms with E-state index < -0.39 is 17.5 Å². The monoisotopic (exact) mass is 461 g/mol. The van der Waals surface area contributed by atoms with Gasteiger partial charge in [-0.2, -0.15) is 0 Å². The van der Waals surface area contributed by atoms with Crippen molar-refractivity contribution in [2.45, 2.75) is 32.1 Å². The fourth-order valence-corrected chi connectivity index (χ4v) is 5.59. The second-order valence-electron chi connectivity index (χ2n) is 9.21. The van der Waals surface area contributed by atoms with E-state index in [-0.39, 0.29) is 18.2 Å². The van der Waals surface area contributed by atoms with Crippen LogP contribution in [-0.2, 0) is 12.8 Å². The number of benzene rings is 1. The van der Waals surface area contributed by atoms with Gasteiger partial charge in [0.1, 0.15) is 0 Å². The third-order valence-corrected chi connectivity index (χ3v) is 7.10. The summed E-state index contributed by atoms with van der Waals surface area (Å²) in [7, 11) is 2.19. The predicted molar refractivity (Wildman–Crippen MR) is 123 cm³/mol. The molecule has 2 aromatic rings. The molecule has 0 radical (unpaired) electrons. The Balaban J connectivity index is 0.00000245. The average molecular weight is 462 g/mol. The molecule has 1 spiro atoms. The largest absolute Gasteiger partial charge is 0.511 e. The first kappa shape index (κ1) is 22.5. The van der Waals surface area contributed by atoms with E-state index in [0.717, 1.165) is 43.6 Å². The van der Waals surface area contributed by atoms with E-state index in [1.807, 2.05) is 6.07 Å². The summed E-state index contributed by atoms with van der Waals surface area (Å²) in [4.78, 5) is 30.9. The van der Waals surface area contributed by atoms with Crippen LogP contribution in [0.3, 0.4) is 0 Å². The molecule has 2 fully saturated rings. The van der Waals surface area contributed by atoms with E-state index >= 15 is 0 Å². The van der Waals surface area contributed by atoms with Gasteiger partial charge in [0.05, 0.1) is 5.69 Å². The van der Waals surface area contributed by atoms with Crippen LogP contribution in [-0.4, -0.2) is 59.5 Å². The smallest absolute Gasteiger partial charge is 0.504 e. The Morgan fingerprint density at radius 2 is 1.97 bits per heavy atom. The number of halogens is 1. The van der Waals surface area contributed by atoms with Crippen LogP contribution in [0.5, 0.6) is 11.5 Å². The molecule has 3 aliphatic rings. The summed E-state index contributed by atoms with van der Waals surface area (Å²) < 4.78 is 4.52. The molecule has 2 aliphatic heterocycles. The molecule has 1 atom stereocenters. The molecular formula is C23H28ClN3O5. The topological polar surface area (TPSA) is 106 Å². The van der Waals surface area contributed by atoms with Gasteiger partial charge in [-0.3, -0.25) is 4.79 Å². The van der Waals surface area contributed by atoms with E-state index in [1.54, 1.807) is 0 Å². The maximum atomic E-state index is 12.4. The highest BCUT2D eigenvalue weighted by atomic mass is 35.5. The third-order valence-electron chi connectivity index (χ3n) is 7.10. The van der Waals surface area contributed by atoms with Crippen molar-refractivity contribution in [3.8, 4) is 22.8 Å². The molecule has 1 aromatic carbocycles. The van der Waals surface area contributed by atoms with Crippen LogP contribution in [0.1, 0.15) is 30.4 Å². The molecule has 1 unspecified atom stereocenters. The Labute approximate surface area is 192 Å². The summed E-state index contributed by atoms with van der Waals surface area (Å²) in [5.74, 6) is -0.944. The van der Waals surface area contributed by atoms with Crippen molar-refractivity contribution < 1.29 is 19.7 Å². The molecule has 9 heteroatoms. The van der Waals surface area contributed by atoms with E-state index in [9.17, 15) is 14.7 Å². The van der Waals surface area contributed by atoms with Crippen molar-refractivity contribution in [3.63, 3.8) is 0 Å². The number of hydrogen-bond acceptors (Lipinski definition) is 6. The van der Waals surface area contributed by atoms with Crippen molar-refractivity contribution in [2.75, 3.05) is 38.1 Å². The van der Waals surface area contributed by atoms with Crippen molar-refractivity contribution in [2.24, 2.45) is 5.41 Å². The number of anilines is 1. The second-order valence-corrected chi connectivity index (χ2v) is 9.21. The minimum absolute atomic E-state index is 0. The van der Waals surface area contributed by atoms with E-state index in [1.165, 1.54) is 25.1 Å². The van der Waals surface area contributed by atoms with Gasteiger partial charge in [-0.25, -0.2) is 4.79 Å². The number of aromatic amines is 1. The summed E-state index contributed by atoms with van der Waals surface area (Å²) >= 11 is 0. The molecule has 2 saturated heterocycles. The molecular weight excluding hydrogens is 434 g/mol. The van der Waals surface area contributed by atoms with Crippen molar-refractivity contribution in [3.05, 3.63) is 39.7 Å². The molecule has 3 N–H and O–H groups in total. The van der Waals surface area contributed by atoms with Gasteiger partial charge in [0, 0.05) is 41.9 Å².